The zero-order chi connectivity index (χ0) is 13.5. The number of anilines is 1. The summed E-state index contributed by atoms with van der Waals surface area (Å²) in [4.78, 5) is 6.33. The molecule has 5 heteroatoms. The van der Waals surface area contributed by atoms with Gasteiger partial charge in [-0.25, -0.2) is 8.78 Å². The maximum absolute atomic E-state index is 13.2. The van der Waals surface area contributed by atoms with Crippen LogP contribution in [-0.4, -0.2) is 24.0 Å². The average Bonchev–Trinajstić information content (AvgIpc) is 2.38. The molecule has 0 spiro atoms. The molecule has 2 nitrogen and oxygen atoms in total. The van der Waals surface area contributed by atoms with E-state index >= 15 is 0 Å². The molecule has 1 aromatic heterocycles. The van der Waals surface area contributed by atoms with Gasteiger partial charge in [0.05, 0.1) is 5.52 Å². The Hall–Kier alpha value is -1.23. The molecule has 0 saturated carbocycles. The van der Waals surface area contributed by atoms with E-state index in [1.165, 1.54) is 0 Å². The van der Waals surface area contributed by atoms with Gasteiger partial charge < -0.3 is 4.90 Å². The lowest BCUT2D eigenvalue weighted by atomic mass is 10.0. The van der Waals surface area contributed by atoms with Crippen LogP contribution in [0.15, 0.2) is 34.9 Å². The highest BCUT2D eigenvalue weighted by molar-refractivity contribution is 9.10. The maximum Gasteiger partial charge on any atom is 0.251 e. The van der Waals surface area contributed by atoms with Gasteiger partial charge in [-0.15, -0.1) is 0 Å². The van der Waals surface area contributed by atoms with Gasteiger partial charge in [0.2, 0.25) is 0 Å². The first-order chi connectivity index (χ1) is 9.05. The van der Waals surface area contributed by atoms with Gasteiger partial charge in [-0.1, -0.05) is 15.9 Å². The van der Waals surface area contributed by atoms with E-state index in [9.17, 15) is 8.78 Å². The van der Waals surface area contributed by atoms with E-state index in [1.807, 2.05) is 29.2 Å². The molecular weight excluding hydrogens is 314 g/mol. The summed E-state index contributed by atoms with van der Waals surface area (Å²) >= 11 is 3.44. The van der Waals surface area contributed by atoms with Gasteiger partial charge >= 0.3 is 0 Å². The Kier molecular flexibility index (Phi) is 3.17. The van der Waals surface area contributed by atoms with Crippen LogP contribution in [-0.2, 0) is 0 Å². The van der Waals surface area contributed by atoms with E-state index in [0.29, 0.717) is 13.1 Å². The summed E-state index contributed by atoms with van der Waals surface area (Å²) < 4.78 is 27.4. The van der Waals surface area contributed by atoms with E-state index in [1.54, 1.807) is 6.20 Å². The van der Waals surface area contributed by atoms with Crippen molar-refractivity contribution in [1.82, 2.24) is 4.98 Å². The predicted octanol–water partition coefficient (Wildman–Crippen LogP) is 4.23. The highest BCUT2D eigenvalue weighted by Gasteiger charge is 2.34. The van der Waals surface area contributed by atoms with E-state index in [-0.39, 0.29) is 12.8 Å². The van der Waals surface area contributed by atoms with Crippen LogP contribution in [0.4, 0.5) is 14.5 Å². The minimum atomic E-state index is -2.51. The van der Waals surface area contributed by atoms with Crippen LogP contribution in [0.3, 0.4) is 0 Å². The first-order valence-corrected chi connectivity index (χ1v) is 7.01. The minimum absolute atomic E-state index is 0.0786. The highest BCUT2D eigenvalue weighted by atomic mass is 79.9. The number of piperidine rings is 1. The molecule has 100 valence electrons. The fraction of sp³-hybridized carbons (Fsp3) is 0.357. The quantitative estimate of drug-likeness (QED) is 0.779. The lowest BCUT2D eigenvalue weighted by Gasteiger charge is -2.33. The van der Waals surface area contributed by atoms with Crippen molar-refractivity contribution in [2.75, 3.05) is 18.0 Å². The van der Waals surface area contributed by atoms with E-state index in [2.05, 4.69) is 20.9 Å². The van der Waals surface area contributed by atoms with E-state index < -0.39 is 5.92 Å². The number of aromatic nitrogens is 1. The SMILES string of the molecule is FC1(F)CCN(c2ccnc3ccc(Br)cc23)CC1. The molecule has 1 fully saturated rings. The van der Waals surface area contributed by atoms with Gasteiger partial charge in [-0.05, 0) is 24.3 Å². The number of benzene rings is 1. The second-order valence-corrected chi connectivity index (χ2v) is 5.75. The van der Waals surface area contributed by atoms with Gasteiger partial charge in [-0.2, -0.15) is 0 Å². The topological polar surface area (TPSA) is 16.1 Å². The molecule has 0 unspecified atom stereocenters. The van der Waals surface area contributed by atoms with Crippen molar-refractivity contribution >= 4 is 32.5 Å². The molecule has 0 aliphatic carbocycles. The second kappa shape index (κ2) is 4.71. The fourth-order valence-electron chi connectivity index (χ4n) is 2.45. The molecule has 0 atom stereocenters. The monoisotopic (exact) mass is 326 g/mol. The molecular formula is C14H13BrF2N2. The molecule has 2 aromatic rings. The Balaban J connectivity index is 1.99. The largest absolute Gasteiger partial charge is 0.370 e. The van der Waals surface area contributed by atoms with Crippen molar-refractivity contribution in [2.45, 2.75) is 18.8 Å². The summed E-state index contributed by atoms with van der Waals surface area (Å²) in [7, 11) is 0. The van der Waals surface area contributed by atoms with Crippen molar-refractivity contribution in [3.05, 3.63) is 34.9 Å². The van der Waals surface area contributed by atoms with Crippen LogP contribution in [0.1, 0.15) is 12.8 Å². The molecule has 1 aliphatic rings. The molecule has 3 rings (SSSR count). The summed E-state index contributed by atoms with van der Waals surface area (Å²) in [5.41, 5.74) is 1.87. The van der Waals surface area contributed by atoms with Gasteiger partial charge in [0.25, 0.3) is 5.92 Å². The number of nitrogens with zero attached hydrogens (tertiary/aromatic N) is 2. The number of pyridine rings is 1. The Morgan fingerprint density at radius 2 is 1.89 bits per heavy atom. The summed E-state index contributed by atoms with van der Waals surface area (Å²) in [5.74, 6) is -2.51. The number of alkyl halides is 2. The summed E-state index contributed by atoms with van der Waals surface area (Å²) in [6, 6.07) is 7.76. The Morgan fingerprint density at radius 3 is 2.63 bits per heavy atom. The molecule has 1 saturated heterocycles. The first kappa shape index (κ1) is 12.8. The summed E-state index contributed by atoms with van der Waals surface area (Å²) in [5, 5.41) is 1.00. The lowest BCUT2D eigenvalue weighted by molar-refractivity contribution is -0.0220. The molecule has 0 radical (unpaired) electrons. The van der Waals surface area contributed by atoms with Crippen LogP contribution in [0, 0.1) is 0 Å². The predicted molar refractivity (Wildman–Crippen MR) is 75.8 cm³/mol. The van der Waals surface area contributed by atoms with Crippen LogP contribution in [0.5, 0.6) is 0 Å². The van der Waals surface area contributed by atoms with Gasteiger partial charge in [0.1, 0.15) is 0 Å². The van der Waals surface area contributed by atoms with E-state index in [0.717, 1.165) is 21.1 Å². The first-order valence-electron chi connectivity index (χ1n) is 6.22. The highest BCUT2D eigenvalue weighted by Crippen LogP contribution is 2.34. The third-order valence-electron chi connectivity index (χ3n) is 3.52. The van der Waals surface area contributed by atoms with E-state index in [4.69, 9.17) is 0 Å². The van der Waals surface area contributed by atoms with Crippen LogP contribution in [0.2, 0.25) is 0 Å². The second-order valence-electron chi connectivity index (χ2n) is 4.83. The average molecular weight is 327 g/mol. The third kappa shape index (κ3) is 2.56. The van der Waals surface area contributed by atoms with Crippen molar-refractivity contribution in [3.63, 3.8) is 0 Å². The lowest BCUT2D eigenvalue weighted by Crippen LogP contribution is -2.39. The van der Waals surface area contributed by atoms with Gasteiger partial charge in [-0.3, -0.25) is 4.98 Å². The molecule has 19 heavy (non-hydrogen) atoms. The van der Waals surface area contributed by atoms with Gasteiger partial charge in [0, 0.05) is 47.7 Å². The zero-order valence-electron chi connectivity index (χ0n) is 10.2. The third-order valence-corrected chi connectivity index (χ3v) is 4.01. The smallest absolute Gasteiger partial charge is 0.251 e. The molecule has 1 aliphatic heterocycles. The molecule has 1 aromatic carbocycles. The van der Waals surface area contributed by atoms with Crippen molar-refractivity contribution in [3.8, 4) is 0 Å². The number of rotatable bonds is 1. The van der Waals surface area contributed by atoms with Crippen molar-refractivity contribution in [1.29, 1.82) is 0 Å². The zero-order valence-corrected chi connectivity index (χ0v) is 11.8. The number of halogens is 3. The molecule has 2 heterocycles. The Labute approximate surface area is 118 Å². The van der Waals surface area contributed by atoms with Gasteiger partial charge in [0.15, 0.2) is 0 Å². The summed E-state index contributed by atoms with van der Waals surface area (Å²) in [6.45, 7) is 0.775. The minimum Gasteiger partial charge on any atom is -0.370 e. The maximum atomic E-state index is 13.2. The van der Waals surface area contributed by atoms with Crippen LogP contribution in [0.25, 0.3) is 10.9 Å². The molecule has 0 bridgehead atoms. The normalized spacial score (nSPS) is 18.8. The number of hydrogen-bond acceptors (Lipinski definition) is 2. The number of hydrogen-bond donors (Lipinski definition) is 0. The Bertz CT molecular complexity index is 605. The fourth-order valence-corrected chi connectivity index (χ4v) is 2.82. The molecule has 0 amide bonds. The van der Waals surface area contributed by atoms with Crippen LogP contribution >= 0.6 is 15.9 Å². The van der Waals surface area contributed by atoms with Crippen molar-refractivity contribution < 1.29 is 8.78 Å². The molecule has 0 N–H and O–H groups in total. The standard InChI is InChI=1S/C14H13BrF2N2/c15-10-1-2-12-11(9-10)13(3-6-18-12)19-7-4-14(16,17)5-8-19/h1-3,6,9H,4-5,7-8H2. The van der Waals surface area contributed by atoms with Crippen molar-refractivity contribution in [2.24, 2.45) is 0 Å². The Morgan fingerprint density at radius 1 is 1.16 bits per heavy atom. The summed E-state index contributed by atoms with van der Waals surface area (Å²) in [6.07, 6.45) is 1.58. The van der Waals surface area contributed by atoms with Crippen LogP contribution < -0.4 is 4.90 Å². The number of fused-ring (bicyclic) bond motifs is 1.